The molecule has 0 bridgehead atoms. The van der Waals surface area contributed by atoms with Gasteiger partial charge in [-0.05, 0) is 67.9 Å². The Morgan fingerprint density at radius 1 is 0.714 bits per heavy atom. The van der Waals surface area contributed by atoms with Crippen molar-refractivity contribution in [1.82, 2.24) is 10.6 Å². The van der Waals surface area contributed by atoms with Gasteiger partial charge in [0.2, 0.25) is 0 Å². The molecule has 35 heavy (non-hydrogen) atoms. The lowest BCUT2D eigenvalue weighted by atomic mass is 10.1. The average molecular weight is 509 g/mol. The van der Waals surface area contributed by atoms with Crippen molar-refractivity contribution in [3.05, 3.63) is 24.3 Å². The van der Waals surface area contributed by atoms with Gasteiger partial charge >= 0.3 is 6.03 Å². The highest BCUT2D eigenvalue weighted by Gasteiger charge is 2.00. The topological polar surface area (TPSA) is 70.6 Å². The molecule has 0 aliphatic rings. The molecule has 0 aliphatic carbocycles. The Balaban J connectivity index is 1.73. The molecule has 0 aromatic heterocycles. The highest BCUT2D eigenvalue weighted by molar-refractivity contribution is 7.99. The summed E-state index contributed by atoms with van der Waals surface area (Å²) in [6.45, 7) is 4.56. The van der Waals surface area contributed by atoms with Gasteiger partial charge in [-0.2, -0.15) is 11.8 Å². The number of rotatable bonds is 24. The van der Waals surface area contributed by atoms with Gasteiger partial charge < -0.3 is 20.5 Å². The number of aromatic hydroxyl groups is 1. The molecule has 3 N–H and O–H groups in total. The summed E-state index contributed by atoms with van der Waals surface area (Å²) in [6.07, 6.45) is 19.9. The number of nitrogens with one attached hydrogen (secondary N) is 2. The molecule has 0 heterocycles. The van der Waals surface area contributed by atoms with E-state index in [2.05, 4.69) is 29.3 Å². The zero-order chi connectivity index (χ0) is 25.2. The number of amides is 2. The van der Waals surface area contributed by atoms with Crippen molar-refractivity contribution in [2.45, 2.75) is 110 Å². The van der Waals surface area contributed by atoms with Crippen LogP contribution in [0.4, 0.5) is 4.79 Å². The van der Waals surface area contributed by atoms with Crippen LogP contribution in [-0.2, 0) is 0 Å². The molecule has 202 valence electrons. The van der Waals surface area contributed by atoms with E-state index in [0.29, 0.717) is 0 Å². The van der Waals surface area contributed by atoms with Gasteiger partial charge in [0, 0.05) is 13.1 Å². The Bertz CT molecular complexity index is 598. The van der Waals surface area contributed by atoms with Gasteiger partial charge in [0.05, 0.1) is 6.61 Å². The highest BCUT2D eigenvalue weighted by Crippen LogP contribution is 2.16. The van der Waals surface area contributed by atoms with Crippen LogP contribution in [0.3, 0.4) is 0 Å². The van der Waals surface area contributed by atoms with Gasteiger partial charge in [-0.15, -0.1) is 0 Å². The van der Waals surface area contributed by atoms with E-state index in [-0.39, 0.29) is 11.8 Å². The molecule has 0 fully saturated rings. The molecule has 1 aromatic carbocycles. The van der Waals surface area contributed by atoms with Gasteiger partial charge in [-0.25, -0.2) is 4.79 Å². The lowest BCUT2D eigenvalue weighted by Crippen LogP contribution is -2.36. The molecular weight excluding hydrogens is 456 g/mol. The fourth-order valence-electron chi connectivity index (χ4n) is 3.90. The van der Waals surface area contributed by atoms with Crippen LogP contribution in [0, 0.1) is 0 Å². The molecule has 2 amide bonds. The maximum absolute atomic E-state index is 11.8. The smallest absolute Gasteiger partial charge is 0.314 e. The SMILES string of the molecule is CCCCCCSCCCCCCNC(=O)NCCCCCCCCCCOc1ccc(O)cc1. The summed E-state index contributed by atoms with van der Waals surface area (Å²) in [5.41, 5.74) is 0. The molecule has 0 atom stereocenters. The second-order valence-corrected chi connectivity index (χ2v) is 10.7. The number of benzene rings is 1. The average Bonchev–Trinajstić information content (AvgIpc) is 2.86. The minimum absolute atomic E-state index is 0.0119. The third-order valence-corrected chi connectivity index (χ3v) is 7.26. The van der Waals surface area contributed by atoms with Crippen molar-refractivity contribution in [2.75, 3.05) is 31.2 Å². The van der Waals surface area contributed by atoms with E-state index < -0.39 is 0 Å². The quantitative estimate of drug-likeness (QED) is 0.123. The summed E-state index contributed by atoms with van der Waals surface area (Å²) in [5, 5.41) is 15.2. The number of carbonyl (C=O) groups is 1. The van der Waals surface area contributed by atoms with Crippen molar-refractivity contribution in [3.63, 3.8) is 0 Å². The van der Waals surface area contributed by atoms with Crippen molar-refractivity contribution in [3.8, 4) is 11.5 Å². The van der Waals surface area contributed by atoms with Crippen LogP contribution in [0.15, 0.2) is 24.3 Å². The Hall–Kier alpha value is -1.56. The van der Waals surface area contributed by atoms with Crippen molar-refractivity contribution >= 4 is 17.8 Å². The number of unbranched alkanes of at least 4 members (excludes halogenated alkanes) is 13. The van der Waals surface area contributed by atoms with Gasteiger partial charge in [0.25, 0.3) is 0 Å². The number of phenolic OH excluding ortho intramolecular Hbond substituents is 1. The molecule has 1 aromatic rings. The lowest BCUT2D eigenvalue weighted by molar-refractivity contribution is 0.240. The van der Waals surface area contributed by atoms with Crippen molar-refractivity contribution in [1.29, 1.82) is 0 Å². The molecule has 0 unspecified atom stereocenters. The number of thioether (sulfide) groups is 1. The van der Waals surface area contributed by atoms with Crippen molar-refractivity contribution < 1.29 is 14.6 Å². The molecule has 0 aliphatic heterocycles. The van der Waals surface area contributed by atoms with E-state index >= 15 is 0 Å². The van der Waals surface area contributed by atoms with Crippen LogP contribution >= 0.6 is 11.8 Å². The summed E-state index contributed by atoms with van der Waals surface area (Å²) < 4.78 is 5.67. The van der Waals surface area contributed by atoms with E-state index in [9.17, 15) is 9.90 Å². The Kier molecular flexibility index (Phi) is 21.7. The van der Waals surface area contributed by atoms with Gasteiger partial charge in [-0.3, -0.25) is 0 Å². The van der Waals surface area contributed by atoms with E-state index in [4.69, 9.17) is 4.74 Å². The van der Waals surface area contributed by atoms with Gasteiger partial charge in [0.15, 0.2) is 0 Å². The number of carbonyl (C=O) groups excluding carboxylic acids is 1. The first-order chi connectivity index (χ1) is 17.2. The van der Waals surface area contributed by atoms with Gasteiger partial charge in [-0.1, -0.05) is 77.6 Å². The lowest BCUT2D eigenvalue weighted by Gasteiger charge is -2.08. The molecule has 6 heteroatoms. The zero-order valence-electron chi connectivity index (χ0n) is 22.3. The summed E-state index contributed by atoms with van der Waals surface area (Å²) >= 11 is 2.10. The minimum atomic E-state index is -0.0119. The van der Waals surface area contributed by atoms with Crippen LogP contribution in [0.25, 0.3) is 0 Å². The van der Waals surface area contributed by atoms with Crippen LogP contribution < -0.4 is 15.4 Å². The number of hydrogen-bond acceptors (Lipinski definition) is 4. The van der Waals surface area contributed by atoms with Crippen LogP contribution in [-0.4, -0.2) is 42.3 Å². The van der Waals surface area contributed by atoms with E-state index in [1.807, 2.05) is 0 Å². The standard InChI is InChI=1S/C29H52N2O3S/c1-2-3-4-16-25-35-26-17-12-10-14-23-31-29(33)30-22-13-9-7-5-6-8-11-15-24-34-28-20-18-27(32)19-21-28/h18-21,32H,2-17,22-26H2,1H3,(H2,30,31,33). The summed E-state index contributed by atoms with van der Waals surface area (Å²) in [4.78, 5) is 11.8. The Labute approximate surface area is 219 Å². The summed E-state index contributed by atoms with van der Waals surface area (Å²) in [6, 6.07) is 6.88. The molecule has 0 saturated heterocycles. The number of ether oxygens (including phenoxy) is 1. The Morgan fingerprint density at radius 3 is 1.77 bits per heavy atom. The van der Waals surface area contributed by atoms with E-state index in [1.165, 1.54) is 95.0 Å². The summed E-state index contributed by atoms with van der Waals surface area (Å²) in [5.74, 6) is 3.70. The van der Waals surface area contributed by atoms with Crippen LogP contribution in [0.2, 0.25) is 0 Å². The predicted molar refractivity (Wildman–Crippen MR) is 152 cm³/mol. The van der Waals surface area contributed by atoms with Crippen LogP contribution in [0.1, 0.15) is 110 Å². The fraction of sp³-hybridized carbons (Fsp3) is 0.759. The first-order valence-electron chi connectivity index (χ1n) is 14.2. The molecular formula is C29H52N2O3S. The third kappa shape index (κ3) is 21.4. The largest absolute Gasteiger partial charge is 0.508 e. The second-order valence-electron chi connectivity index (χ2n) is 9.44. The summed E-state index contributed by atoms with van der Waals surface area (Å²) in [7, 11) is 0. The predicted octanol–water partition coefficient (Wildman–Crippen LogP) is 8.06. The number of phenols is 1. The van der Waals surface area contributed by atoms with Gasteiger partial charge in [0.1, 0.15) is 11.5 Å². The fourth-order valence-corrected chi connectivity index (χ4v) is 4.92. The minimum Gasteiger partial charge on any atom is -0.508 e. The second kappa shape index (κ2) is 24.1. The maximum atomic E-state index is 11.8. The molecule has 1 rings (SSSR count). The third-order valence-electron chi connectivity index (χ3n) is 6.11. The normalized spacial score (nSPS) is 10.9. The first kappa shape index (κ1) is 31.5. The molecule has 0 radical (unpaired) electrons. The Morgan fingerprint density at radius 2 is 1.20 bits per heavy atom. The molecule has 0 spiro atoms. The highest BCUT2D eigenvalue weighted by atomic mass is 32.2. The number of urea groups is 1. The number of hydrogen-bond donors (Lipinski definition) is 3. The first-order valence-corrected chi connectivity index (χ1v) is 15.4. The van der Waals surface area contributed by atoms with E-state index in [1.54, 1.807) is 24.3 Å². The van der Waals surface area contributed by atoms with Crippen LogP contribution in [0.5, 0.6) is 11.5 Å². The maximum Gasteiger partial charge on any atom is 0.314 e. The zero-order valence-corrected chi connectivity index (χ0v) is 23.1. The monoisotopic (exact) mass is 508 g/mol. The van der Waals surface area contributed by atoms with Crippen molar-refractivity contribution in [2.24, 2.45) is 0 Å². The van der Waals surface area contributed by atoms with E-state index in [0.717, 1.165) is 44.7 Å². The molecule has 0 saturated carbocycles. The molecule has 5 nitrogen and oxygen atoms in total.